The van der Waals surface area contributed by atoms with Crippen LogP contribution in [0.15, 0.2) is 24.3 Å². The molecule has 3 nitrogen and oxygen atoms in total. The zero-order valence-corrected chi connectivity index (χ0v) is 16.3. The van der Waals surface area contributed by atoms with E-state index in [0.29, 0.717) is 18.0 Å². The fourth-order valence-corrected chi connectivity index (χ4v) is 7.76. The number of amides is 1. The molecule has 1 N–H and O–H groups in total. The van der Waals surface area contributed by atoms with Crippen molar-refractivity contribution in [1.82, 2.24) is 10.2 Å². The van der Waals surface area contributed by atoms with E-state index in [4.69, 9.17) is 0 Å². The highest BCUT2D eigenvalue weighted by molar-refractivity contribution is 5.83. The fourth-order valence-electron chi connectivity index (χ4n) is 7.76. The van der Waals surface area contributed by atoms with Crippen LogP contribution in [0, 0.1) is 23.2 Å². The summed E-state index contributed by atoms with van der Waals surface area (Å²) in [5.74, 6) is 2.96. The number of benzene rings is 1. The number of carbonyl (C=O) groups excluding carboxylic acids is 1. The van der Waals surface area contributed by atoms with E-state index >= 15 is 0 Å². The van der Waals surface area contributed by atoms with Crippen LogP contribution in [0.2, 0.25) is 0 Å². The van der Waals surface area contributed by atoms with Crippen molar-refractivity contribution in [1.29, 1.82) is 0 Å². The predicted octanol–water partition coefficient (Wildman–Crippen LogP) is 3.56. The topological polar surface area (TPSA) is 32.3 Å². The van der Waals surface area contributed by atoms with Crippen LogP contribution in [-0.4, -0.2) is 36.0 Å². The van der Waals surface area contributed by atoms with E-state index < -0.39 is 0 Å². The first-order valence-electron chi connectivity index (χ1n) is 11.3. The van der Waals surface area contributed by atoms with Gasteiger partial charge in [0.1, 0.15) is 0 Å². The Hall–Kier alpha value is -1.35. The molecular weight excluding hydrogens is 332 g/mol. The molecule has 1 saturated heterocycles. The fraction of sp³-hybridized carbons (Fsp3) is 0.708. The van der Waals surface area contributed by atoms with Gasteiger partial charge >= 0.3 is 0 Å². The van der Waals surface area contributed by atoms with Gasteiger partial charge in [-0.3, -0.25) is 9.69 Å². The molecule has 1 aromatic rings. The molecule has 1 aromatic carbocycles. The Morgan fingerprint density at radius 2 is 1.56 bits per heavy atom. The van der Waals surface area contributed by atoms with E-state index in [1.807, 2.05) is 0 Å². The third kappa shape index (κ3) is 2.76. The molecule has 0 unspecified atom stereocenters. The average Bonchev–Trinajstić information content (AvgIpc) is 3.27. The molecule has 0 spiro atoms. The van der Waals surface area contributed by atoms with Gasteiger partial charge in [0.15, 0.2) is 0 Å². The van der Waals surface area contributed by atoms with Crippen molar-refractivity contribution in [2.24, 2.45) is 23.2 Å². The highest BCUT2D eigenvalue weighted by atomic mass is 16.2. The van der Waals surface area contributed by atoms with Crippen molar-refractivity contribution in [3.8, 4) is 0 Å². The predicted molar refractivity (Wildman–Crippen MR) is 106 cm³/mol. The first kappa shape index (κ1) is 16.6. The highest BCUT2D eigenvalue weighted by Crippen LogP contribution is 2.60. The maximum absolute atomic E-state index is 13.3. The van der Waals surface area contributed by atoms with Crippen molar-refractivity contribution in [2.45, 2.75) is 69.9 Å². The van der Waals surface area contributed by atoms with E-state index in [1.54, 1.807) is 0 Å². The minimum atomic E-state index is 0.00572. The Morgan fingerprint density at radius 3 is 2.15 bits per heavy atom. The van der Waals surface area contributed by atoms with E-state index in [0.717, 1.165) is 37.3 Å². The number of nitrogens with one attached hydrogen (secondary N) is 1. The van der Waals surface area contributed by atoms with Gasteiger partial charge < -0.3 is 5.32 Å². The summed E-state index contributed by atoms with van der Waals surface area (Å²) in [6.45, 7) is 2.20. The maximum Gasteiger partial charge on any atom is 0.226 e. The molecule has 7 rings (SSSR count). The van der Waals surface area contributed by atoms with Gasteiger partial charge in [-0.15, -0.1) is 0 Å². The lowest BCUT2D eigenvalue weighted by atomic mass is 9.49. The lowest BCUT2D eigenvalue weighted by Gasteiger charge is -2.55. The van der Waals surface area contributed by atoms with Crippen molar-refractivity contribution in [2.75, 3.05) is 13.1 Å². The third-order valence-corrected chi connectivity index (χ3v) is 8.62. The molecule has 1 heterocycles. The number of carbonyl (C=O) groups is 1. The largest absolute Gasteiger partial charge is 0.352 e. The number of rotatable bonds is 3. The minimum absolute atomic E-state index is 0.00572. The molecule has 3 heteroatoms. The van der Waals surface area contributed by atoms with E-state index in [9.17, 15) is 4.79 Å². The molecule has 4 bridgehead atoms. The van der Waals surface area contributed by atoms with Crippen molar-refractivity contribution in [3.63, 3.8) is 0 Å². The zero-order chi connectivity index (χ0) is 18.0. The number of fused-ring (bicyclic) bond motifs is 1. The molecule has 5 aliphatic carbocycles. The number of hydrogen-bond acceptors (Lipinski definition) is 2. The maximum atomic E-state index is 13.3. The number of nitrogens with zero attached hydrogens (tertiary/aromatic N) is 1. The van der Waals surface area contributed by atoms with Gasteiger partial charge in [-0.05, 0) is 86.7 Å². The van der Waals surface area contributed by atoms with Crippen LogP contribution in [0.5, 0.6) is 0 Å². The molecule has 4 saturated carbocycles. The molecule has 5 fully saturated rings. The summed E-state index contributed by atoms with van der Waals surface area (Å²) < 4.78 is 0. The molecule has 1 amide bonds. The third-order valence-electron chi connectivity index (χ3n) is 8.62. The second kappa shape index (κ2) is 6.07. The lowest BCUT2D eigenvalue weighted by Crippen LogP contribution is -2.55. The summed E-state index contributed by atoms with van der Waals surface area (Å²) in [6, 6.07) is 9.92. The first-order valence-corrected chi connectivity index (χ1v) is 11.3. The van der Waals surface area contributed by atoms with Crippen LogP contribution >= 0.6 is 0 Å². The number of likely N-dealkylation sites (tertiary alicyclic amines) is 1. The molecule has 27 heavy (non-hydrogen) atoms. The zero-order valence-electron chi connectivity index (χ0n) is 16.3. The summed E-state index contributed by atoms with van der Waals surface area (Å²) in [5, 5.41) is 3.53. The van der Waals surface area contributed by atoms with E-state index in [1.165, 1.54) is 62.5 Å². The summed E-state index contributed by atoms with van der Waals surface area (Å²) in [5.41, 5.74) is 3.07. The summed E-state index contributed by atoms with van der Waals surface area (Å²) in [7, 11) is 0. The standard InChI is InChI=1S/C24H32N2O/c27-23(24-12-16-7-17(13-24)9-18(8-16)14-24)25-21-5-6-26(15-21)22-10-19-3-1-2-4-20(19)11-22/h1-4,16-18,21-22H,5-15H2,(H,25,27)/t16?,17?,18?,21-,24?/m0/s1. The van der Waals surface area contributed by atoms with Crippen LogP contribution < -0.4 is 5.32 Å². The van der Waals surface area contributed by atoms with Crippen LogP contribution in [-0.2, 0) is 17.6 Å². The van der Waals surface area contributed by atoms with Gasteiger partial charge in [0.25, 0.3) is 0 Å². The van der Waals surface area contributed by atoms with Crippen molar-refractivity contribution < 1.29 is 4.79 Å². The SMILES string of the molecule is O=C(N[C@H]1CCN(C2Cc3ccccc3C2)C1)C12CC3CC(CC(C3)C1)C2. The normalized spacial score (nSPS) is 40.4. The van der Waals surface area contributed by atoms with Crippen LogP contribution in [0.1, 0.15) is 56.1 Å². The average molecular weight is 365 g/mol. The molecular formula is C24H32N2O. The van der Waals surface area contributed by atoms with Crippen LogP contribution in [0.25, 0.3) is 0 Å². The van der Waals surface area contributed by atoms with Gasteiger partial charge in [0, 0.05) is 30.6 Å². The smallest absolute Gasteiger partial charge is 0.226 e. The Morgan fingerprint density at radius 1 is 0.963 bits per heavy atom. The quantitative estimate of drug-likeness (QED) is 0.889. The van der Waals surface area contributed by atoms with Gasteiger partial charge in [-0.2, -0.15) is 0 Å². The van der Waals surface area contributed by atoms with E-state index in [2.05, 4.69) is 34.5 Å². The van der Waals surface area contributed by atoms with Gasteiger partial charge in [-0.1, -0.05) is 24.3 Å². The van der Waals surface area contributed by atoms with Gasteiger partial charge in [0.2, 0.25) is 5.91 Å². The van der Waals surface area contributed by atoms with Gasteiger partial charge in [-0.25, -0.2) is 0 Å². The molecule has 1 atom stereocenters. The Kier molecular flexibility index (Phi) is 3.73. The highest BCUT2D eigenvalue weighted by Gasteiger charge is 2.54. The van der Waals surface area contributed by atoms with Crippen molar-refractivity contribution in [3.05, 3.63) is 35.4 Å². The summed E-state index contributed by atoms with van der Waals surface area (Å²) >= 11 is 0. The second-order valence-corrected chi connectivity index (χ2v) is 10.5. The molecule has 1 aliphatic heterocycles. The van der Waals surface area contributed by atoms with Crippen LogP contribution in [0.3, 0.4) is 0 Å². The lowest BCUT2D eigenvalue weighted by molar-refractivity contribution is -0.147. The molecule has 0 aromatic heterocycles. The molecule has 144 valence electrons. The first-order chi connectivity index (χ1) is 13.2. The monoisotopic (exact) mass is 364 g/mol. The Bertz CT molecular complexity index is 696. The minimum Gasteiger partial charge on any atom is -0.352 e. The summed E-state index contributed by atoms with van der Waals surface area (Å²) in [6.07, 6.45) is 11.3. The van der Waals surface area contributed by atoms with Crippen LogP contribution in [0.4, 0.5) is 0 Å². The summed E-state index contributed by atoms with van der Waals surface area (Å²) in [4.78, 5) is 16.0. The molecule has 6 aliphatic rings. The van der Waals surface area contributed by atoms with E-state index in [-0.39, 0.29) is 5.41 Å². The second-order valence-electron chi connectivity index (χ2n) is 10.5. The van der Waals surface area contributed by atoms with Crippen molar-refractivity contribution >= 4 is 5.91 Å². The molecule has 0 radical (unpaired) electrons. The number of hydrogen-bond donors (Lipinski definition) is 1. The van der Waals surface area contributed by atoms with Gasteiger partial charge in [0.05, 0.1) is 0 Å². The Balaban J connectivity index is 1.09. The Labute approximate surface area is 162 Å².